The highest BCUT2D eigenvalue weighted by Gasteiger charge is 2.15. The molecule has 2 heterocycles. The van der Waals surface area contributed by atoms with Gasteiger partial charge in [0.1, 0.15) is 0 Å². The highest BCUT2D eigenvalue weighted by Crippen LogP contribution is 2.33. The lowest BCUT2D eigenvalue weighted by Crippen LogP contribution is -1.82. The molecule has 1 aromatic rings. The average molecular weight is 177 g/mol. The molecule has 1 aliphatic heterocycles. The van der Waals surface area contributed by atoms with E-state index in [4.69, 9.17) is 0 Å². The van der Waals surface area contributed by atoms with E-state index in [1.165, 1.54) is 11.8 Å². The molecule has 12 heavy (non-hydrogen) atoms. The van der Waals surface area contributed by atoms with Gasteiger partial charge in [0.15, 0.2) is 5.12 Å². The highest BCUT2D eigenvalue weighted by molar-refractivity contribution is 8.21. The molecule has 0 fully saturated rings. The van der Waals surface area contributed by atoms with Crippen LogP contribution in [0, 0.1) is 0 Å². The van der Waals surface area contributed by atoms with Crippen LogP contribution in [0.4, 0.5) is 0 Å². The van der Waals surface area contributed by atoms with Crippen molar-refractivity contribution in [2.45, 2.75) is 6.42 Å². The summed E-state index contributed by atoms with van der Waals surface area (Å²) in [4.78, 5) is 16.1. The van der Waals surface area contributed by atoms with Gasteiger partial charge < -0.3 is 0 Å². The van der Waals surface area contributed by atoms with Crippen LogP contribution in [-0.4, -0.2) is 10.1 Å². The quantitative estimate of drug-likeness (QED) is 0.658. The van der Waals surface area contributed by atoms with E-state index in [0.717, 1.165) is 10.6 Å². The molecular weight excluding hydrogens is 170 g/mol. The zero-order valence-electron chi connectivity index (χ0n) is 6.36. The Morgan fingerprint density at radius 2 is 2.33 bits per heavy atom. The van der Waals surface area contributed by atoms with E-state index in [0.29, 0.717) is 6.42 Å². The molecule has 0 aromatic carbocycles. The van der Waals surface area contributed by atoms with E-state index in [-0.39, 0.29) is 5.12 Å². The Kier molecular flexibility index (Phi) is 1.96. The molecule has 0 radical (unpaired) electrons. The number of nitrogens with zero attached hydrogens (tertiary/aromatic N) is 1. The van der Waals surface area contributed by atoms with Crippen molar-refractivity contribution in [3.8, 4) is 0 Å². The van der Waals surface area contributed by atoms with Crippen LogP contribution in [0.25, 0.3) is 4.91 Å². The summed E-state index contributed by atoms with van der Waals surface area (Å²) in [5, 5.41) is 0.204. The highest BCUT2D eigenvalue weighted by atomic mass is 32.2. The van der Waals surface area contributed by atoms with Gasteiger partial charge in [-0.25, -0.2) is 0 Å². The maximum Gasteiger partial charge on any atom is 0.197 e. The van der Waals surface area contributed by atoms with Crippen molar-refractivity contribution in [1.82, 2.24) is 4.98 Å². The number of allylic oxidation sites excluding steroid dienone is 1. The summed E-state index contributed by atoms with van der Waals surface area (Å²) in [5.41, 5.74) is 0.897. The number of thioether (sulfide) groups is 1. The van der Waals surface area contributed by atoms with Crippen LogP contribution in [0.3, 0.4) is 0 Å². The molecule has 1 aromatic heterocycles. The second-order valence-corrected chi connectivity index (χ2v) is 3.56. The maximum atomic E-state index is 10.9. The van der Waals surface area contributed by atoms with Gasteiger partial charge in [-0.1, -0.05) is 12.1 Å². The van der Waals surface area contributed by atoms with Crippen LogP contribution >= 0.6 is 11.8 Å². The third-order valence-corrected chi connectivity index (χ3v) is 2.59. The molecule has 0 atom stereocenters. The van der Waals surface area contributed by atoms with Crippen molar-refractivity contribution < 1.29 is 4.79 Å². The fraction of sp³-hybridized carbons (Fsp3) is 0.111. The largest absolute Gasteiger partial charge is 0.286 e. The number of carbonyl (C=O) groups excluding carboxylic acids is 1. The fourth-order valence-electron chi connectivity index (χ4n) is 1.05. The molecule has 0 bridgehead atoms. The minimum absolute atomic E-state index is 0.204. The third-order valence-electron chi connectivity index (χ3n) is 1.60. The van der Waals surface area contributed by atoms with Gasteiger partial charge in [-0.05, 0) is 23.9 Å². The van der Waals surface area contributed by atoms with Crippen LogP contribution in [0.15, 0.2) is 30.5 Å². The predicted octanol–water partition coefficient (Wildman–Crippen LogP) is 2.09. The zero-order valence-corrected chi connectivity index (χ0v) is 7.17. The van der Waals surface area contributed by atoms with Gasteiger partial charge in [-0.3, -0.25) is 9.78 Å². The van der Waals surface area contributed by atoms with E-state index >= 15 is 0 Å². The van der Waals surface area contributed by atoms with E-state index in [1.54, 1.807) is 6.20 Å². The molecule has 0 aliphatic carbocycles. The van der Waals surface area contributed by atoms with Crippen molar-refractivity contribution >= 4 is 21.8 Å². The van der Waals surface area contributed by atoms with Crippen molar-refractivity contribution in [2.24, 2.45) is 0 Å². The number of hydrogen-bond donors (Lipinski definition) is 0. The Balaban J connectivity index is 2.28. The topological polar surface area (TPSA) is 30.0 Å². The molecule has 0 N–H and O–H groups in total. The first kappa shape index (κ1) is 7.55. The Morgan fingerprint density at radius 3 is 2.92 bits per heavy atom. The first-order valence-electron chi connectivity index (χ1n) is 3.68. The number of aromatic nitrogens is 1. The first-order chi connectivity index (χ1) is 5.86. The summed E-state index contributed by atoms with van der Waals surface area (Å²) < 4.78 is 0. The van der Waals surface area contributed by atoms with Crippen molar-refractivity contribution in [2.75, 3.05) is 0 Å². The summed E-state index contributed by atoms with van der Waals surface area (Å²) >= 11 is 1.28. The molecular formula is C9H7NOS. The van der Waals surface area contributed by atoms with Crippen LogP contribution in [-0.2, 0) is 4.79 Å². The van der Waals surface area contributed by atoms with Crippen LogP contribution in [0.2, 0.25) is 0 Å². The summed E-state index contributed by atoms with van der Waals surface area (Å²) in [6.45, 7) is 0. The lowest BCUT2D eigenvalue weighted by atomic mass is 10.3. The van der Waals surface area contributed by atoms with Gasteiger partial charge >= 0.3 is 0 Å². The van der Waals surface area contributed by atoms with Gasteiger partial charge in [0.2, 0.25) is 0 Å². The van der Waals surface area contributed by atoms with E-state index in [9.17, 15) is 4.79 Å². The minimum atomic E-state index is 0.204. The maximum absolute atomic E-state index is 10.9. The SMILES string of the molecule is O=C1CC=C(c2ccccn2)S1. The second-order valence-electron chi connectivity index (χ2n) is 2.46. The molecule has 0 saturated heterocycles. The lowest BCUT2D eigenvalue weighted by Gasteiger charge is -1.96. The normalized spacial score (nSPS) is 16.3. The van der Waals surface area contributed by atoms with Crippen LogP contribution in [0.5, 0.6) is 0 Å². The standard InChI is InChI=1S/C9H7NOS/c11-9-5-4-8(12-9)7-3-1-2-6-10-7/h1-4,6H,5H2. The molecule has 2 rings (SSSR count). The number of carbonyl (C=O) groups is 1. The second kappa shape index (κ2) is 3.11. The van der Waals surface area contributed by atoms with Gasteiger partial charge in [-0.15, -0.1) is 0 Å². The molecule has 0 spiro atoms. The Hall–Kier alpha value is -1.09. The van der Waals surface area contributed by atoms with Gasteiger partial charge in [0.05, 0.1) is 5.69 Å². The summed E-state index contributed by atoms with van der Waals surface area (Å²) in [6, 6.07) is 5.70. The van der Waals surface area contributed by atoms with E-state index in [1.807, 2.05) is 24.3 Å². The monoisotopic (exact) mass is 177 g/mol. The Labute approximate surface area is 74.7 Å². The molecule has 0 amide bonds. The molecule has 1 aliphatic rings. The zero-order chi connectivity index (χ0) is 8.39. The van der Waals surface area contributed by atoms with Crippen molar-refractivity contribution in [1.29, 1.82) is 0 Å². The molecule has 3 heteroatoms. The smallest absolute Gasteiger partial charge is 0.197 e. The molecule has 0 unspecified atom stereocenters. The third kappa shape index (κ3) is 1.41. The van der Waals surface area contributed by atoms with Gasteiger partial charge in [0, 0.05) is 17.5 Å². The number of rotatable bonds is 1. The Morgan fingerprint density at radius 1 is 1.42 bits per heavy atom. The lowest BCUT2D eigenvalue weighted by molar-refractivity contribution is -0.110. The van der Waals surface area contributed by atoms with Crippen LogP contribution < -0.4 is 0 Å². The molecule has 2 nitrogen and oxygen atoms in total. The fourth-order valence-corrected chi connectivity index (χ4v) is 1.85. The molecule has 0 saturated carbocycles. The summed E-state index contributed by atoms with van der Waals surface area (Å²) in [7, 11) is 0. The van der Waals surface area contributed by atoms with Crippen molar-refractivity contribution in [3.63, 3.8) is 0 Å². The predicted molar refractivity (Wildman–Crippen MR) is 49.4 cm³/mol. The minimum Gasteiger partial charge on any atom is -0.286 e. The Bertz CT molecular complexity index is 332. The van der Waals surface area contributed by atoms with Gasteiger partial charge in [0.25, 0.3) is 0 Å². The van der Waals surface area contributed by atoms with Crippen LogP contribution in [0.1, 0.15) is 12.1 Å². The summed E-state index contributed by atoms with van der Waals surface area (Å²) in [5.74, 6) is 0. The van der Waals surface area contributed by atoms with E-state index in [2.05, 4.69) is 4.98 Å². The summed E-state index contributed by atoms with van der Waals surface area (Å²) in [6.07, 6.45) is 4.20. The average Bonchev–Trinajstić information content (AvgIpc) is 2.54. The molecule has 60 valence electrons. The van der Waals surface area contributed by atoms with Crippen molar-refractivity contribution in [3.05, 3.63) is 36.2 Å². The number of pyridine rings is 1. The van der Waals surface area contributed by atoms with E-state index < -0.39 is 0 Å². The first-order valence-corrected chi connectivity index (χ1v) is 4.50. The number of hydrogen-bond acceptors (Lipinski definition) is 3. The van der Waals surface area contributed by atoms with Gasteiger partial charge in [-0.2, -0.15) is 0 Å².